The lowest BCUT2D eigenvalue weighted by Crippen LogP contribution is -2.19. The first-order valence-electron chi connectivity index (χ1n) is 5.59. The number of halogens is 1. The molecule has 17 heavy (non-hydrogen) atoms. The number of benzene rings is 1. The molecule has 3 rings (SSSR count). The molecule has 1 heterocycles. The molecule has 0 amide bonds. The molecule has 86 valence electrons. The molecule has 0 saturated heterocycles. The van der Waals surface area contributed by atoms with Crippen LogP contribution < -0.4 is 0 Å². The van der Waals surface area contributed by atoms with E-state index in [2.05, 4.69) is 40.2 Å². The van der Waals surface area contributed by atoms with Gasteiger partial charge in [-0.2, -0.15) is 0 Å². The SMILES string of the molecule is O=C(CC1Cc2ccccc21)c1cc(Br)cs1. The molecule has 0 bridgehead atoms. The third-order valence-corrected chi connectivity index (χ3v) is 4.97. The van der Waals surface area contributed by atoms with E-state index in [-0.39, 0.29) is 5.78 Å². The first-order chi connectivity index (χ1) is 8.24. The van der Waals surface area contributed by atoms with Crippen molar-refractivity contribution in [1.29, 1.82) is 0 Å². The Labute approximate surface area is 113 Å². The third-order valence-electron chi connectivity index (χ3n) is 3.24. The summed E-state index contributed by atoms with van der Waals surface area (Å²) in [6.07, 6.45) is 1.69. The van der Waals surface area contributed by atoms with Gasteiger partial charge in [0.25, 0.3) is 0 Å². The Bertz CT molecular complexity index is 573. The van der Waals surface area contributed by atoms with Crippen LogP contribution in [0.4, 0.5) is 0 Å². The molecule has 0 aliphatic heterocycles. The molecule has 1 aliphatic carbocycles. The largest absolute Gasteiger partial charge is 0.293 e. The lowest BCUT2D eigenvalue weighted by Gasteiger charge is -2.29. The summed E-state index contributed by atoms with van der Waals surface area (Å²) < 4.78 is 1.000. The molecular weight excluding hydrogens is 296 g/mol. The Morgan fingerprint density at radius 1 is 1.41 bits per heavy atom. The lowest BCUT2D eigenvalue weighted by molar-refractivity contribution is 0.0974. The van der Waals surface area contributed by atoms with E-state index in [1.165, 1.54) is 22.5 Å². The number of carbonyl (C=O) groups excluding carboxylic acids is 1. The molecule has 1 aromatic carbocycles. The maximum atomic E-state index is 12.1. The van der Waals surface area contributed by atoms with E-state index >= 15 is 0 Å². The molecule has 0 saturated carbocycles. The smallest absolute Gasteiger partial charge is 0.173 e. The van der Waals surface area contributed by atoms with Crippen molar-refractivity contribution >= 4 is 33.0 Å². The standard InChI is InChI=1S/C14H11BrOS/c15-11-7-14(17-8-11)13(16)6-10-5-9-3-1-2-4-12(9)10/h1-4,7-8,10H,5-6H2. The molecule has 0 radical (unpaired) electrons. The second-order valence-electron chi connectivity index (χ2n) is 4.36. The van der Waals surface area contributed by atoms with Crippen LogP contribution in [0.15, 0.2) is 40.2 Å². The zero-order valence-electron chi connectivity index (χ0n) is 9.15. The molecular formula is C14H11BrOS. The summed E-state index contributed by atoms with van der Waals surface area (Å²) in [5.41, 5.74) is 2.76. The van der Waals surface area contributed by atoms with E-state index in [0.717, 1.165) is 15.8 Å². The number of hydrogen-bond donors (Lipinski definition) is 0. The van der Waals surface area contributed by atoms with Crippen molar-refractivity contribution in [2.45, 2.75) is 18.8 Å². The number of Topliss-reactive ketones (excluding diaryl/α,β-unsaturated/α-hetero) is 1. The Balaban J connectivity index is 1.72. The minimum absolute atomic E-state index is 0.264. The van der Waals surface area contributed by atoms with E-state index in [9.17, 15) is 4.79 Å². The predicted octanol–water partition coefficient (Wildman–Crippen LogP) is 4.42. The summed E-state index contributed by atoms with van der Waals surface area (Å²) in [4.78, 5) is 12.9. The van der Waals surface area contributed by atoms with Crippen molar-refractivity contribution in [2.75, 3.05) is 0 Å². The lowest BCUT2D eigenvalue weighted by atomic mass is 9.75. The van der Waals surface area contributed by atoms with Gasteiger partial charge in [-0.1, -0.05) is 24.3 Å². The highest BCUT2D eigenvalue weighted by Gasteiger charge is 2.28. The molecule has 1 aliphatic rings. The van der Waals surface area contributed by atoms with Crippen LogP contribution in [0, 0.1) is 0 Å². The molecule has 0 spiro atoms. The van der Waals surface area contributed by atoms with Crippen LogP contribution in [-0.4, -0.2) is 5.78 Å². The van der Waals surface area contributed by atoms with Crippen molar-refractivity contribution in [2.24, 2.45) is 0 Å². The quantitative estimate of drug-likeness (QED) is 0.767. The van der Waals surface area contributed by atoms with Gasteiger partial charge >= 0.3 is 0 Å². The van der Waals surface area contributed by atoms with Gasteiger partial charge in [0, 0.05) is 16.3 Å². The van der Waals surface area contributed by atoms with Crippen LogP contribution in [0.2, 0.25) is 0 Å². The summed E-state index contributed by atoms with van der Waals surface area (Å²) in [5.74, 6) is 0.694. The summed E-state index contributed by atoms with van der Waals surface area (Å²) in [6, 6.07) is 10.3. The van der Waals surface area contributed by atoms with Crippen molar-refractivity contribution in [3.63, 3.8) is 0 Å². The van der Waals surface area contributed by atoms with Crippen molar-refractivity contribution in [3.8, 4) is 0 Å². The second kappa shape index (κ2) is 4.39. The van der Waals surface area contributed by atoms with E-state index < -0.39 is 0 Å². The summed E-state index contributed by atoms with van der Waals surface area (Å²) >= 11 is 4.90. The van der Waals surface area contributed by atoms with Crippen LogP contribution in [0.1, 0.15) is 33.1 Å². The Hall–Kier alpha value is -0.930. The highest BCUT2D eigenvalue weighted by molar-refractivity contribution is 9.10. The van der Waals surface area contributed by atoms with Gasteiger partial charge in [0.2, 0.25) is 0 Å². The summed E-state index contributed by atoms with van der Waals surface area (Å²) in [7, 11) is 0. The fraction of sp³-hybridized carbons (Fsp3) is 0.214. The number of ketones is 1. The van der Waals surface area contributed by atoms with E-state index in [0.29, 0.717) is 12.3 Å². The van der Waals surface area contributed by atoms with Crippen LogP contribution in [0.25, 0.3) is 0 Å². The molecule has 1 aromatic heterocycles. The number of thiophene rings is 1. The van der Waals surface area contributed by atoms with Crippen LogP contribution >= 0.6 is 27.3 Å². The predicted molar refractivity (Wildman–Crippen MR) is 73.9 cm³/mol. The third kappa shape index (κ3) is 2.09. The molecule has 2 aromatic rings. The average Bonchev–Trinajstić information content (AvgIpc) is 2.73. The van der Waals surface area contributed by atoms with Crippen LogP contribution in [0.5, 0.6) is 0 Å². The first kappa shape index (κ1) is 11.2. The van der Waals surface area contributed by atoms with E-state index in [4.69, 9.17) is 0 Å². The summed E-state index contributed by atoms with van der Waals surface area (Å²) in [5, 5.41) is 1.96. The van der Waals surface area contributed by atoms with Crippen LogP contribution in [-0.2, 0) is 6.42 Å². The minimum atomic E-state index is 0.264. The number of carbonyl (C=O) groups is 1. The zero-order valence-corrected chi connectivity index (χ0v) is 11.6. The van der Waals surface area contributed by atoms with Gasteiger partial charge in [-0.15, -0.1) is 11.3 Å². The van der Waals surface area contributed by atoms with Crippen molar-refractivity contribution in [3.05, 3.63) is 56.2 Å². The van der Waals surface area contributed by atoms with Gasteiger partial charge in [0.15, 0.2) is 5.78 Å². The number of fused-ring (bicyclic) bond motifs is 1. The van der Waals surface area contributed by atoms with Crippen molar-refractivity contribution in [1.82, 2.24) is 0 Å². The van der Waals surface area contributed by atoms with Crippen LogP contribution in [0.3, 0.4) is 0 Å². The second-order valence-corrected chi connectivity index (χ2v) is 6.18. The molecule has 0 N–H and O–H groups in total. The van der Waals surface area contributed by atoms with Gasteiger partial charge in [0.1, 0.15) is 0 Å². The highest BCUT2D eigenvalue weighted by Crippen LogP contribution is 2.38. The zero-order chi connectivity index (χ0) is 11.8. The normalized spacial score (nSPS) is 17.4. The molecule has 1 atom stereocenters. The van der Waals surface area contributed by atoms with E-state index in [1.54, 1.807) is 0 Å². The summed E-state index contributed by atoms with van der Waals surface area (Å²) in [6.45, 7) is 0. The monoisotopic (exact) mass is 306 g/mol. The van der Waals surface area contributed by atoms with E-state index in [1.807, 2.05) is 11.4 Å². The fourth-order valence-corrected chi connectivity index (χ4v) is 3.71. The molecule has 1 nitrogen and oxygen atoms in total. The maximum Gasteiger partial charge on any atom is 0.173 e. The first-order valence-corrected chi connectivity index (χ1v) is 7.26. The topological polar surface area (TPSA) is 17.1 Å². The maximum absolute atomic E-state index is 12.1. The molecule has 0 fully saturated rings. The van der Waals surface area contributed by atoms with Gasteiger partial charge < -0.3 is 0 Å². The fourth-order valence-electron chi connectivity index (χ4n) is 2.33. The Morgan fingerprint density at radius 3 is 2.94 bits per heavy atom. The van der Waals surface area contributed by atoms with Gasteiger partial charge in [-0.05, 0) is 45.5 Å². The molecule has 3 heteroatoms. The highest BCUT2D eigenvalue weighted by atomic mass is 79.9. The van der Waals surface area contributed by atoms with Gasteiger partial charge in [0.05, 0.1) is 4.88 Å². The number of hydrogen-bond acceptors (Lipinski definition) is 2. The minimum Gasteiger partial charge on any atom is -0.293 e. The average molecular weight is 307 g/mol. The number of rotatable bonds is 3. The Morgan fingerprint density at radius 2 is 2.24 bits per heavy atom. The van der Waals surface area contributed by atoms with Gasteiger partial charge in [-0.3, -0.25) is 4.79 Å². The Kier molecular flexibility index (Phi) is 2.89. The molecule has 1 unspecified atom stereocenters. The van der Waals surface area contributed by atoms with Gasteiger partial charge in [-0.25, -0.2) is 0 Å². The van der Waals surface area contributed by atoms with Crippen molar-refractivity contribution < 1.29 is 4.79 Å².